The van der Waals surface area contributed by atoms with Crippen LogP contribution >= 0.6 is 0 Å². The molecule has 0 radical (unpaired) electrons. The molecule has 2 heteroatoms. The third-order valence-electron chi connectivity index (χ3n) is 8.89. The third kappa shape index (κ3) is 25.9. The molecule has 37 heavy (non-hydrogen) atoms. The largest absolute Gasteiger partial charge is 0.396 e. The van der Waals surface area contributed by atoms with Crippen molar-refractivity contribution in [3.05, 3.63) is 0 Å². The number of unbranched alkanes of at least 4 members (excludes halogenated alkanes) is 26. The van der Waals surface area contributed by atoms with E-state index in [0.29, 0.717) is 6.54 Å². The summed E-state index contributed by atoms with van der Waals surface area (Å²) in [5.74, 6) is 0. The van der Waals surface area contributed by atoms with Crippen LogP contribution < -0.4 is 5.73 Å². The molecule has 0 spiro atoms. The topological polar surface area (TPSA) is 46.2 Å². The second-order valence-electron chi connectivity index (χ2n) is 12.6. The Labute approximate surface area is 235 Å². The first-order valence-electron chi connectivity index (χ1n) is 17.6. The van der Waals surface area contributed by atoms with Crippen LogP contribution in [-0.4, -0.2) is 18.3 Å². The SMILES string of the molecule is CCCCCCCCCCCCCCCCC(CN)(CO)CCCCCCCCCCCCCCCC. The number of rotatable bonds is 32. The Morgan fingerprint density at radius 2 is 0.595 bits per heavy atom. The van der Waals surface area contributed by atoms with Crippen molar-refractivity contribution in [2.75, 3.05) is 13.2 Å². The maximum Gasteiger partial charge on any atom is 0.0499 e. The van der Waals surface area contributed by atoms with Crippen molar-refractivity contribution < 1.29 is 5.11 Å². The summed E-state index contributed by atoms with van der Waals surface area (Å²) in [6.07, 6.45) is 41.5. The van der Waals surface area contributed by atoms with E-state index in [9.17, 15) is 5.11 Å². The van der Waals surface area contributed by atoms with Gasteiger partial charge in [-0.1, -0.05) is 194 Å². The Morgan fingerprint density at radius 1 is 0.378 bits per heavy atom. The van der Waals surface area contributed by atoms with Crippen LogP contribution in [0.25, 0.3) is 0 Å². The zero-order valence-corrected chi connectivity index (χ0v) is 26.2. The zero-order chi connectivity index (χ0) is 27.1. The summed E-state index contributed by atoms with van der Waals surface area (Å²) in [5.41, 5.74) is 6.16. The quantitative estimate of drug-likeness (QED) is 0.0861. The molecule has 0 atom stereocenters. The van der Waals surface area contributed by atoms with Crippen molar-refractivity contribution in [1.29, 1.82) is 0 Å². The minimum absolute atomic E-state index is 0.00570. The monoisotopic (exact) mass is 524 g/mol. The van der Waals surface area contributed by atoms with Crippen LogP contribution in [0, 0.1) is 5.41 Å². The fourth-order valence-corrected chi connectivity index (χ4v) is 5.94. The second kappa shape index (κ2) is 30.5. The number of hydrogen-bond donors (Lipinski definition) is 2. The van der Waals surface area contributed by atoms with E-state index in [1.807, 2.05) is 0 Å². The van der Waals surface area contributed by atoms with Gasteiger partial charge in [-0.3, -0.25) is 0 Å². The van der Waals surface area contributed by atoms with E-state index in [1.54, 1.807) is 0 Å². The van der Waals surface area contributed by atoms with Gasteiger partial charge in [0.2, 0.25) is 0 Å². The molecule has 0 amide bonds. The lowest BCUT2D eigenvalue weighted by molar-refractivity contribution is 0.106. The zero-order valence-electron chi connectivity index (χ0n) is 26.2. The van der Waals surface area contributed by atoms with Gasteiger partial charge in [-0.2, -0.15) is 0 Å². The first kappa shape index (κ1) is 36.9. The molecule has 3 N–H and O–H groups in total. The molecule has 0 aromatic carbocycles. The van der Waals surface area contributed by atoms with Gasteiger partial charge in [0, 0.05) is 18.6 Å². The van der Waals surface area contributed by atoms with E-state index in [4.69, 9.17) is 5.73 Å². The lowest BCUT2D eigenvalue weighted by Crippen LogP contribution is -2.34. The first-order chi connectivity index (χ1) is 18.2. The fourth-order valence-electron chi connectivity index (χ4n) is 5.94. The smallest absolute Gasteiger partial charge is 0.0499 e. The van der Waals surface area contributed by atoms with Crippen LogP contribution in [-0.2, 0) is 0 Å². The van der Waals surface area contributed by atoms with E-state index in [1.165, 1.54) is 180 Å². The summed E-state index contributed by atoms with van der Waals surface area (Å²) in [6, 6.07) is 0. The van der Waals surface area contributed by atoms with Crippen molar-refractivity contribution in [1.82, 2.24) is 0 Å². The van der Waals surface area contributed by atoms with Crippen molar-refractivity contribution in [3.63, 3.8) is 0 Å². The number of aliphatic hydroxyl groups excluding tert-OH is 1. The van der Waals surface area contributed by atoms with Gasteiger partial charge in [-0.05, 0) is 12.8 Å². The molecule has 0 bridgehead atoms. The van der Waals surface area contributed by atoms with Crippen LogP contribution in [0.3, 0.4) is 0 Å². The molecule has 0 saturated heterocycles. The maximum atomic E-state index is 10.1. The molecular weight excluding hydrogens is 450 g/mol. The van der Waals surface area contributed by atoms with Crippen LogP contribution in [0.2, 0.25) is 0 Å². The minimum Gasteiger partial charge on any atom is -0.396 e. The predicted octanol–water partition coefficient (Wildman–Crippen LogP) is 11.7. The molecule has 0 aliphatic rings. The molecule has 224 valence electrons. The Bertz CT molecular complexity index is 372. The van der Waals surface area contributed by atoms with E-state index in [2.05, 4.69) is 13.8 Å². The highest BCUT2D eigenvalue weighted by atomic mass is 16.3. The van der Waals surface area contributed by atoms with E-state index in [-0.39, 0.29) is 12.0 Å². The average Bonchev–Trinajstić information content (AvgIpc) is 2.92. The van der Waals surface area contributed by atoms with Gasteiger partial charge >= 0.3 is 0 Å². The molecule has 0 rings (SSSR count). The molecule has 2 nitrogen and oxygen atoms in total. The highest BCUT2D eigenvalue weighted by Crippen LogP contribution is 2.30. The number of nitrogens with two attached hydrogens (primary N) is 1. The highest BCUT2D eigenvalue weighted by molar-refractivity contribution is 4.79. The van der Waals surface area contributed by atoms with Gasteiger partial charge in [0.1, 0.15) is 0 Å². The molecule has 0 aliphatic carbocycles. The maximum absolute atomic E-state index is 10.1. The molecule has 0 aliphatic heterocycles. The summed E-state index contributed by atoms with van der Waals surface area (Å²) in [6.45, 7) is 5.52. The Hall–Kier alpha value is -0.0800. The molecule has 0 heterocycles. The second-order valence-corrected chi connectivity index (χ2v) is 12.6. The van der Waals surface area contributed by atoms with Crippen LogP contribution in [0.4, 0.5) is 0 Å². The van der Waals surface area contributed by atoms with Gasteiger partial charge < -0.3 is 10.8 Å². The summed E-state index contributed by atoms with van der Waals surface area (Å²) in [4.78, 5) is 0. The molecule has 0 fully saturated rings. The van der Waals surface area contributed by atoms with Crippen molar-refractivity contribution in [2.45, 2.75) is 206 Å². The van der Waals surface area contributed by atoms with Gasteiger partial charge in [0.15, 0.2) is 0 Å². The Morgan fingerprint density at radius 3 is 0.784 bits per heavy atom. The molecule has 0 saturated carbocycles. The molecular formula is C35H73NO. The van der Waals surface area contributed by atoms with E-state index >= 15 is 0 Å². The van der Waals surface area contributed by atoms with Gasteiger partial charge in [0.05, 0.1) is 0 Å². The highest BCUT2D eigenvalue weighted by Gasteiger charge is 2.26. The van der Waals surface area contributed by atoms with Crippen LogP contribution in [0.15, 0.2) is 0 Å². The molecule has 0 unspecified atom stereocenters. The van der Waals surface area contributed by atoms with Gasteiger partial charge in [-0.15, -0.1) is 0 Å². The first-order valence-corrected chi connectivity index (χ1v) is 17.6. The predicted molar refractivity (Wildman–Crippen MR) is 168 cm³/mol. The summed E-state index contributed by atoms with van der Waals surface area (Å²) in [7, 11) is 0. The molecule has 0 aromatic heterocycles. The number of aliphatic hydroxyl groups is 1. The lowest BCUT2D eigenvalue weighted by Gasteiger charge is -2.30. The average molecular weight is 524 g/mol. The van der Waals surface area contributed by atoms with Gasteiger partial charge in [-0.25, -0.2) is 0 Å². The summed E-state index contributed by atoms with van der Waals surface area (Å²) >= 11 is 0. The van der Waals surface area contributed by atoms with Crippen molar-refractivity contribution >= 4 is 0 Å². The molecule has 0 aromatic rings. The Kier molecular flexibility index (Phi) is 30.4. The normalized spacial score (nSPS) is 12.0. The van der Waals surface area contributed by atoms with Crippen molar-refractivity contribution in [3.8, 4) is 0 Å². The van der Waals surface area contributed by atoms with E-state index < -0.39 is 0 Å². The van der Waals surface area contributed by atoms with E-state index in [0.717, 1.165) is 12.8 Å². The van der Waals surface area contributed by atoms with Crippen LogP contribution in [0.1, 0.15) is 206 Å². The number of hydrogen-bond acceptors (Lipinski definition) is 2. The third-order valence-corrected chi connectivity index (χ3v) is 8.89. The fraction of sp³-hybridized carbons (Fsp3) is 1.00. The minimum atomic E-state index is -0.00570. The summed E-state index contributed by atoms with van der Waals surface area (Å²) < 4.78 is 0. The Balaban J connectivity index is 3.54. The van der Waals surface area contributed by atoms with Crippen LogP contribution in [0.5, 0.6) is 0 Å². The standard InChI is InChI=1S/C35H73NO/c1-3-5-7-9-11-13-15-17-19-21-23-25-27-29-31-35(33-36,34-37)32-30-28-26-24-22-20-18-16-14-12-10-8-6-4-2/h37H,3-34,36H2,1-2H3. The van der Waals surface area contributed by atoms with Crippen molar-refractivity contribution in [2.24, 2.45) is 11.1 Å². The summed E-state index contributed by atoms with van der Waals surface area (Å²) in [5, 5.41) is 10.1. The van der Waals surface area contributed by atoms with Gasteiger partial charge in [0.25, 0.3) is 0 Å². The lowest BCUT2D eigenvalue weighted by atomic mass is 9.78.